The van der Waals surface area contributed by atoms with E-state index in [4.69, 9.17) is 14.2 Å². The summed E-state index contributed by atoms with van der Waals surface area (Å²) in [6.07, 6.45) is -0.698. The zero-order valence-electron chi connectivity index (χ0n) is 33.5. The van der Waals surface area contributed by atoms with Crippen molar-refractivity contribution >= 4 is 60.4 Å². The molecule has 0 saturated carbocycles. The Morgan fingerprint density at radius 3 is 1.14 bits per heavy atom. The molecule has 0 aliphatic carbocycles. The Hall–Kier alpha value is -6.79. The first kappa shape index (κ1) is 38.1. The van der Waals surface area contributed by atoms with Crippen molar-refractivity contribution in [3.63, 3.8) is 0 Å². The van der Waals surface area contributed by atoms with E-state index in [-0.39, 0.29) is 51.7 Å². The Morgan fingerprint density at radius 1 is 0.345 bits per heavy atom. The molecular weight excluding hydrogens is 721 g/mol. The molecule has 0 aliphatic heterocycles. The molecule has 0 spiro atoms. The van der Waals surface area contributed by atoms with E-state index in [1.807, 2.05) is 71.9 Å². The number of rotatable bonds is 12. The molecule has 288 valence electrons. The van der Waals surface area contributed by atoms with E-state index in [0.717, 1.165) is 32.3 Å². The summed E-state index contributed by atoms with van der Waals surface area (Å²) in [4.78, 5) is 46.1. The fourth-order valence-electron chi connectivity index (χ4n) is 7.69. The molecular formula is C52H44O6. The molecule has 0 saturated heterocycles. The highest BCUT2D eigenvalue weighted by Gasteiger charge is 2.32. The van der Waals surface area contributed by atoms with Gasteiger partial charge >= 0.3 is 0 Å². The molecule has 0 bridgehead atoms. The van der Waals surface area contributed by atoms with Crippen LogP contribution in [0.4, 0.5) is 0 Å². The Morgan fingerprint density at radius 2 is 0.690 bits per heavy atom. The van der Waals surface area contributed by atoms with E-state index in [0.29, 0.717) is 28.0 Å². The molecule has 8 aromatic carbocycles. The minimum absolute atomic E-state index is 0.0212. The van der Waals surface area contributed by atoms with Crippen molar-refractivity contribution in [3.05, 3.63) is 173 Å². The number of fused-ring (bicyclic) bond motifs is 4. The maximum Gasteiger partial charge on any atom is 0.198 e. The highest BCUT2D eigenvalue weighted by atomic mass is 16.5. The van der Waals surface area contributed by atoms with Gasteiger partial charge in [0.05, 0.1) is 35.0 Å². The van der Waals surface area contributed by atoms with Gasteiger partial charge in [-0.15, -0.1) is 0 Å². The number of ether oxygens (including phenoxy) is 3. The highest BCUT2D eigenvalue weighted by molar-refractivity contribution is 6.31. The molecule has 0 aromatic heterocycles. The Labute approximate surface area is 338 Å². The van der Waals surface area contributed by atoms with Crippen LogP contribution in [0.5, 0.6) is 17.2 Å². The van der Waals surface area contributed by atoms with Crippen molar-refractivity contribution in [2.75, 3.05) is 0 Å². The van der Waals surface area contributed by atoms with E-state index in [9.17, 15) is 0 Å². The van der Waals surface area contributed by atoms with Crippen molar-refractivity contribution in [2.45, 2.75) is 59.9 Å². The number of ketones is 3. The summed E-state index contributed by atoms with van der Waals surface area (Å²) in [5.41, 5.74) is 0.942. The Balaban J connectivity index is 1.50. The van der Waals surface area contributed by atoms with Gasteiger partial charge in [0.15, 0.2) is 17.3 Å². The molecule has 8 aromatic rings. The van der Waals surface area contributed by atoms with Crippen LogP contribution in [-0.2, 0) is 0 Å². The lowest BCUT2D eigenvalue weighted by molar-refractivity contribution is 0.0985. The van der Waals surface area contributed by atoms with Crippen LogP contribution in [-0.4, -0.2) is 35.7 Å². The molecule has 0 radical (unpaired) electrons. The van der Waals surface area contributed by atoms with Gasteiger partial charge in [-0.1, -0.05) is 60.7 Å². The second-order valence-electron chi connectivity index (χ2n) is 15.5. The Kier molecular flexibility index (Phi) is 10.3. The first-order valence-electron chi connectivity index (χ1n) is 19.7. The molecule has 0 aliphatic rings. The summed E-state index contributed by atoms with van der Waals surface area (Å²) < 4.78 is 18.5. The highest BCUT2D eigenvalue weighted by Crippen LogP contribution is 2.39. The fraction of sp³-hybridized carbons (Fsp3) is 0.173. The maximum atomic E-state index is 15.5. The normalized spacial score (nSPS) is 11.6. The van der Waals surface area contributed by atoms with E-state index >= 15 is 14.4 Å². The minimum Gasteiger partial charge on any atom is -0.490 e. The molecule has 0 N–H and O–H groups in total. The standard InChI is InChI=1S/C52H44O6/c1-30(2)56-45-20-12-9-17-40(45)50(53)44-29-39-27-37-25-35-23-33-15-7-8-16-34(33)24-36(35)26-38(37)28-43(39)48(51(54)41-18-10-13-21-46(41)57-31(3)4)49(44)52(55)42-19-11-14-22-47(42)58-32(5)6/h7-32H,1-6H3. The van der Waals surface area contributed by atoms with Gasteiger partial charge in [0.2, 0.25) is 0 Å². The number of carbonyl (C=O) groups excluding carboxylic acids is 3. The monoisotopic (exact) mass is 764 g/mol. The van der Waals surface area contributed by atoms with Gasteiger partial charge < -0.3 is 14.2 Å². The predicted molar refractivity (Wildman–Crippen MR) is 233 cm³/mol. The predicted octanol–water partition coefficient (Wildman–Crippen LogP) is 12.4. The summed E-state index contributed by atoms with van der Waals surface area (Å²) in [5.74, 6) is -0.300. The van der Waals surface area contributed by atoms with Crippen LogP contribution in [0, 0.1) is 0 Å². The number of para-hydroxylation sites is 3. The SMILES string of the molecule is CC(C)Oc1ccccc1C(=O)c1cc2cc3cc4cc5ccccc5cc4cc3cc2c(C(=O)c2ccccc2OC(C)C)c1C(=O)c1ccccc1OC(C)C. The molecule has 0 amide bonds. The van der Waals surface area contributed by atoms with E-state index in [1.54, 1.807) is 72.8 Å². The van der Waals surface area contributed by atoms with E-state index in [2.05, 4.69) is 36.4 Å². The summed E-state index contributed by atoms with van der Waals surface area (Å²) >= 11 is 0. The fourth-order valence-corrected chi connectivity index (χ4v) is 7.69. The number of carbonyl (C=O) groups is 3. The van der Waals surface area contributed by atoms with Crippen LogP contribution in [0.1, 0.15) is 89.3 Å². The van der Waals surface area contributed by atoms with Crippen LogP contribution in [0.15, 0.2) is 140 Å². The van der Waals surface area contributed by atoms with Crippen LogP contribution >= 0.6 is 0 Å². The Bertz CT molecular complexity index is 2920. The molecule has 6 nitrogen and oxygen atoms in total. The quantitative estimate of drug-likeness (QED) is 0.0910. The van der Waals surface area contributed by atoms with E-state index in [1.165, 1.54) is 0 Å². The zero-order valence-corrected chi connectivity index (χ0v) is 33.5. The number of benzene rings is 8. The first-order valence-corrected chi connectivity index (χ1v) is 19.7. The molecule has 0 heterocycles. The van der Waals surface area contributed by atoms with Gasteiger partial charge in [-0.05, 0) is 163 Å². The number of hydrogen-bond donors (Lipinski definition) is 0. The maximum absolute atomic E-state index is 15.5. The average molecular weight is 765 g/mol. The lowest BCUT2D eigenvalue weighted by atomic mass is 9.82. The summed E-state index contributed by atoms with van der Waals surface area (Å²) in [6.45, 7) is 11.3. The molecule has 58 heavy (non-hydrogen) atoms. The lowest BCUT2D eigenvalue weighted by Crippen LogP contribution is -2.20. The topological polar surface area (TPSA) is 78.9 Å². The summed E-state index contributed by atoms with van der Waals surface area (Å²) in [7, 11) is 0. The average Bonchev–Trinajstić information content (AvgIpc) is 3.20. The van der Waals surface area contributed by atoms with E-state index < -0.39 is 17.3 Å². The second-order valence-corrected chi connectivity index (χ2v) is 15.5. The third-order valence-corrected chi connectivity index (χ3v) is 10.1. The lowest BCUT2D eigenvalue weighted by Gasteiger charge is -2.21. The van der Waals surface area contributed by atoms with Gasteiger partial charge in [-0.2, -0.15) is 0 Å². The van der Waals surface area contributed by atoms with Crippen LogP contribution in [0.3, 0.4) is 0 Å². The van der Waals surface area contributed by atoms with Crippen molar-refractivity contribution in [2.24, 2.45) is 0 Å². The first-order chi connectivity index (χ1) is 28.0. The third kappa shape index (κ3) is 7.30. The van der Waals surface area contributed by atoms with Gasteiger partial charge in [0.25, 0.3) is 0 Å². The van der Waals surface area contributed by atoms with Crippen LogP contribution in [0.25, 0.3) is 43.1 Å². The molecule has 6 heteroatoms. The second kappa shape index (κ2) is 15.6. The van der Waals surface area contributed by atoms with Crippen LogP contribution in [0.2, 0.25) is 0 Å². The van der Waals surface area contributed by atoms with Crippen LogP contribution < -0.4 is 14.2 Å². The van der Waals surface area contributed by atoms with Crippen molar-refractivity contribution in [3.8, 4) is 17.2 Å². The van der Waals surface area contributed by atoms with Crippen molar-refractivity contribution in [1.82, 2.24) is 0 Å². The largest absolute Gasteiger partial charge is 0.490 e. The molecule has 0 unspecified atom stereocenters. The van der Waals surface area contributed by atoms with Gasteiger partial charge in [0, 0.05) is 16.7 Å². The molecule has 8 rings (SSSR count). The molecule has 0 atom stereocenters. The van der Waals surface area contributed by atoms with Crippen molar-refractivity contribution < 1.29 is 28.6 Å². The van der Waals surface area contributed by atoms with Crippen molar-refractivity contribution in [1.29, 1.82) is 0 Å². The van der Waals surface area contributed by atoms with Gasteiger partial charge in [0.1, 0.15) is 17.2 Å². The smallest absolute Gasteiger partial charge is 0.198 e. The third-order valence-electron chi connectivity index (χ3n) is 10.1. The summed E-state index contributed by atoms with van der Waals surface area (Å²) in [5, 5.41) is 7.32. The van der Waals surface area contributed by atoms with Gasteiger partial charge in [-0.3, -0.25) is 14.4 Å². The minimum atomic E-state index is -0.514. The van der Waals surface area contributed by atoms with Gasteiger partial charge in [-0.25, -0.2) is 0 Å². The summed E-state index contributed by atoms with van der Waals surface area (Å²) in [6, 6.07) is 43.6. The number of hydrogen-bond acceptors (Lipinski definition) is 6. The zero-order chi connectivity index (χ0) is 40.7. The molecule has 0 fully saturated rings.